The number of aromatic nitrogens is 2. The minimum absolute atomic E-state index is 0.590. The lowest BCUT2D eigenvalue weighted by Crippen LogP contribution is -2.12. The lowest BCUT2D eigenvalue weighted by molar-refractivity contribution is 0.415. The van der Waals surface area contributed by atoms with E-state index in [0.717, 1.165) is 30.2 Å². The van der Waals surface area contributed by atoms with Crippen molar-refractivity contribution in [1.82, 2.24) is 15.3 Å². The number of ether oxygens (including phenoxy) is 1. The van der Waals surface area contributed by atoms with Gasteiger partial charge in [-0.2, -0.15) is 0 Å². The maximum Gasteiger partial charge on any atom is 0.138 e. The van der Waals surface area contributed by atoms with Crippen molar-refractivity contribution in [3.63, 3.8) is 0 Å². The van der Waals surface area contributed by atoms with E-state index in [4.69, 9.17) is 16.3 Å². The van der Waals surface area contributed by atoms with E-state index < -0.39 is 0 Å². The van der Waals surface area contributed by atoms with E-state index in [1.807, 2.05) is 42.6 Å². The van der Waals surface area contributed by atoms with Crippen LogP contribution in [0.1, 0.15) is 11.3 Å². The van der Waals surface area contributed by atoms with Crippen molar-refractivity contribution in [2.75, 3.05) is 7.11 Å². The molecular formula is C18H18ClN3O. The molecule has 1 aromatic heterocycles. The molecule has 0 saturated heterocycles. The average molecular weight is 328 g/mol. The number of nitrogens with zero attached hydrogens (tertiary/aromatic N) is 1. The van der Waals surface area contributed by atoms with E-state index in [9.17, 15) is 0 Å². The molecule has 5 heteroatoms. The Morgan fingerprint density at radius 3 is 2.74 bits per heavy atom. The Morgan fingerprint density at radius 1 is 1.13 bits per heavy atom. The quantitative estimate of drug-likeness (QED) is 0.718. The summed E-state index contributed by atoms with van der Waals surface area (Å²) in [7, 11) is 1.60. The molecule has 1 heterocycles. The van der Waals surface area contributed by atoms with Crippen LogP contribution >= 0.6 is 11.6 Å². The highest BCUT2D eigenvalue weighted by molar-refractivity contribution is 6.32. The zero-order valence-electron chi connectivity index (χ0n) is 12.8. The first-order valence-corrected chi connectivity index (χ1v) is 7.76. The Balaban J connectivity index is 1.64. The molecule has 3 rings (SSSR count). The molecule has 0 fully saturated rings. The van der Waals surface area contributed by atoms with Gasteiger partial charge in [-0.15, -0.1) is 0 Å². The zero-order chi connectivity index (χ0) is 16.1. The zero-order valence-corrected chi connectivity index (χ0v) is 13.6. The molecular weight excluding hydrogens is 310 g/mol. The van der Waals surface area contributed by atoms with Gasteiger partial charge < -0.3 is 15.0 Å². The summed E-state index contributed by atoms with van der Waals surface area (Å²) >= 11 is 6.05. The van der Waals surface area contributed by atoms with Crippen molar-refractivity contribution in [2.45, 2.75) is 13.1 Å². The van der Waals surface area contributed by atoms with Gasteiger partial charge in [-0.05, 0) is 23.8 Å². The van der Waals surface area contributed by atoms with Crippen LogP contribution in [0.3, 0.4) is 0 Å². The molecule has 4 nitrogen and oxygen atoms in total. The number of benzene rings is 2. The van der Waals surface area contributed by atoms with Gasteiger partial charge >= 0.3 is 0 Å². The number of hydrogen-bond acceptors (Lipinski definition) is 3. The maximum atomic E-state index is 6.05. The number of methoxy groups -OCH3 is 1. The van der Waals surface area contributed by atoms with Crippen LogP contribution < -0.4 is 10.1 Å². The first-order valence-electron chi connectivity index (χ1n) is 7.38. The highest BCUT2D eigenvalue weighted by Crippen LogP contribution is 2.29. The third kappa shape index (κ3) is 3.92. The van der Waals surface area contributed by atoms with Crippen LogP contribution in [0.4, 0.5) is 0 Å². The molecule has 0 aliphatic rings. The smallest absolute Gasteiger partial charge is 0.138 e. The Kier molecular flexibility index (Phi) is 4.95. The van der Waals surface area contributed by atoms with Gasteiger partial charge in [-0.1, -0.05) is 41.9 Å². The number of rotatable bonds is 6. The third-order valence-electron chi connectivity index (χ3n) is 3.54. The van der Waals surface area contributed by atoms with Crippen LogP contribution in [0.25, 0.3) is 11.4 Å². The van der Waals surface area contributed by atoms with Crippen LogP contribution in [-0.2, 0) is 13.1 Å². The van der Waals surface area contributed by atoms with Gasteiger partial charge in [0.15, 0.2) is 0 Å². The molecule has 0 bridgehead atoms. The predicted molar refractivity (Wildman–Crippen MR) is 92.6 cm³/mol. The maximum absolute atomic E-state index is 6.05. The summed E-state index contributed by atoms with van der Waals surface area (Å²) in [6.45, 7) is 1.55. The van der Waals surface area contributed by atoms with Crippen LogP contribution in [0, 0.1) is 0 Å². The van der Waals surface area contributed by atoms with E-state index in [2.05, 4.69) is 27.4 Å². The van der Waals surface area contributed by atoms with Crippen LogP contribution in [0.2, 0.25) is 5.02 Å². The fourth-order valence-electron chi connectivity index (χ4n) is 2.34. The number of H-pyrrole nitrogens is 1. The van der Waals surface area contributed by atoms with Crippen molar-refractivity contribution >= 4 is 11.6 Å². The van der Waals surface area contributed by atoms with Gasteiger partial charge in [0.1, 0.15) is 11.6 Å². The Morgan fingerprint density at radius 2 is 1.96 bits per heavy atom. The molecule has 0 spiro atoms. The monoisotopic (exact) mass is 327 g/mol. The lowest BCUT2D eigenvalue weighted by atomic mass is 10.2. The molecule has 0 saturated carbocycles. The van der Waals surface area contributed by atoms with E-state index in [1.165, 1.54) is 5.56 Å². The fraction of sp³-hybridized carbons (Fsp3) is 0.167. The number of halogens is 1. The standard InChI is InChI=1S/C18H18ClN3O/c1-23-17-9-14(7-8-16(17)19)18-21-12-15(22-18)11-20-10-13-5-3-2-4-6-13/h2-9,12,20H,10-11H2,1H3,(H,21,22). The van der Waals surface area contributed by atoms with E-state index in [0.29, 0.717) is 10.8 Å². The topological polar surface area (TPSA) is 49.9 Å². The highest BCUT2D eigenvalue weighted by atomic mass is 35.5. The predicted octanol–water partition coefficient (Wildman–Crippen LogP) is 4.03. The molecule has 0 aliphatic heterocycles. The summed E-state index contributed by atoms with van der Waals surface area (Å²) in [6, 6.07) is 15.9. The molecule has 2 N–H and O–H groups in total. The van der Waals surface area contributed by atoms with Gasteiger partial charge in [-0.25, -0.2) is 4.98 Å². The third-order valence-corrected chi connectivity index (χ3v) is 3.85. The summed E-state index contributed by atoms with van der Waals surface area (Å²) in [4.78, 5) is 7.74. The van der Waals surface area contributed by atoms with E-state index in [-0.39, 0.29) is 0 Å². The average Bonchev–Trinajstić information content (AvgIpc) is 3.05. The van der Waals surface area contributed by atoms with Crippen molar-refractivity contribution < 1.29 is 4.74 Å². The second-order valence-corrected chi connectivity index (χ2v) is 5.60. The van der Waals surface area contributed by atoms with Crippen LogP contribution in [-0.4, -0.2) is 17.1 Å². The largest absolute Gasteiger partial charge is 0.495 e. The minimum Gasteiger partial charge on any atom is -0.495 e. The number of hydrogen-bond donors (Lipinski definition) is 2. The second kappa shape index (κ2) is 7.31. The number of nitrogens with one attached hydrogen (secondary N) is 2. The van der Waals surface area contributed by atoms with Crippen molar-refractivity contribution in [3.05, 3.63) is 71.0 Å². The fourth-order valence-corrected chi connectivity index (χ4v) is 2.53. The summed E-state index contributed by atoms with van der Waals surface area (Å²) in [5, 5.41) is 3.99. The first kappa shape index (κ1) is 15.6. The molecule has 0 aliphatic carbocycles. The van der Waals surface area contributed by atoms with Crippen molar-refractivity contribution in [3.8, 4) is 17.1 Å². The van der Waals surface area contributed by atoms with E-state index >= 15 is 0 Å². The molecule has 118 valence electrons. The molecule has 0 atom stereocenters. The molecule has 0 amide bonds. The van der Waals surface area contributed by atoms with E-state index in [1.54, 1.807) is 7.11 Å². The summed E-state index contributed by atoms with van der Waals surface area (Å²) in [5.74, 6) is 1.45. The molecule has 0 radical (unpaired) electrons. The lowest BCUT2D eigenvalue weighted by Gasteiger charge is -2.05. The number of imidazole rings is 1. The number of aromatic amines is 1. The molecule has 3 aromatic rings. The Labute approximate surface area is 140 Å². The van der Waals surface area contributed by atoms with Crippen LogP contribution in [0.15, 0.2) is 54.7 Å². The Bertz CT molecular complexity index is 771. The van der Waals surface area contributed by atoms with Crippen molar-refractivity contribution in [1.29, 1.82) is 0 Å². The van der Waals surface area contributed by atoms with Gasteiger partial charge in [-0.3, -0.25) is 0 Å². The first-order chi connectivity index (χ1) is 11.3. The molecule has 0 unspecified atom stereocenters. The van der Waals surface area contributed by atoms with Gasteiger partial charge in [0.05, 0.1) is 12.1 Å². The SMILES string of the molecule is COc1cc(-c2ncc(CNCc3ccccc3)[nH]2)ccc1Cl. The van der Waals surface area contributed by atoms with Crippen LogP contribution in [0.5, 0.6) is 5.75 Å². The summed E-state index contributed by atoms with van der Waals surface area (Å²) in [5.41, 5.74) is 3.24. The minimum atomic E-state index is 0.590. The highest BCUT2D eigenvalue weighted by Gasteiger charge is 2.07. The molecule has 2 aromatic carbocycles. The van der Waals surface area contributed by atoms with Crippen molar-refractivity contribution in [2.24, 2.45) is 0 Å². The second-order valence-electron chi connectivity index (χ2n) is 5.20. The normalized spacial score (nSPS) is 10.7. The van der Waals surface area contributed by atoms with Gasteiger partial charge in [0, 0.05) is 30.5 Å². The summed E-state index contributed by atoms with van der Waals surface area (Å²) < 4.78 is 5.24. The Hall–Kier alpha value is -2.30. The van der Waals surface area contributed by atoms with Gasteiger partial charge in [0.2, 0.25) is 0 Å². The molecule has 23 heavy (non-hydrogen) atoms. The summed E-state index contributed by atoms with van der Waals surface area (Å²) in [6.07, 6.45) is 1.84. The van der Waals surface area contributed by atoms with Gasteiger partial charge in [0.25, 0.3) is 0 Å².